The Bertz CT molecular complexity index is 872. The molecule has 3 aliphatic rings. The molecular weight excluding hydrogens is 374 g/mol. The minimum atomic E-state index is 0.0900. The van der Waals surface area contributed by atoms with Crippen LogP contribution in [0.3, 0.4) is 0 Å². The molecule has 1 unspecified atom stereocenters. The third-order valence-corrected chi connectivity index (χ3v) is 6.59. The molecule has 5 heteroatoms. The van der Waals surface area contributed by atoms with E-state index in [2.05, 4.69) is 51.5 Å². The number of morpholine rings is 1. The van der Waals surface area contributed by atoms with Gasteiger partial charge >= 0.3 is 0 Å². The molecule has 30 heavy (non-hydrogen) atoms. The number of carbonyl (C=O) groups excluding carboxylic acids is 1. The predicted molar refractivity (Wildman–Crippen MR) is 118 cm³/mol. The van der Waals surface area contributed by atoms with Crippen LogP contribution in [0.1, 0.15) is 42.0 Å². The molecule has 0 radical (unpaired) electrons. The second-order valence-electron chi connectivity index (χ2n) is 8.79. The molecule has 1 N–H and O–H groups in total. The lowest BCUT2D eigenvalue weighted by Gasteiger charge is -2.29. The number of amides is 1. The third kappa shape index (κ3) is 4.59. The first kappa shape index (κ1) is 19.7. The highest BCUT2D eigenvalue weighted by atomic mass is 16.5. The number of nitrogens with one attached hydrogen (secondary N) is 1. The number of rotatable bonds is 7. The lowest BCUT2D eigenvalue weighted by molar-refractivity contribution is -0.118. The van der Waals surface area contributed by atoms with Crippen molar-refractivity contribution >= 4 is 11.6 Å². The quantitative estimate of drug-likeness (QED) is 0.764. The van der Waals surface area contributed by atoms with Crippen LogP contribution in [0.25, 0.3) is 0 Å². The Hall–Kier alpha value is -2.21. The second kappa shape index (κ2) is 8.88. The van der Waals surface area contributed by atoms with E-state index in [0.29, 0.717) is 18.6 Å². The molecule has 1 saturated carbocycles. The van der Waals surface area contributed by atoms with E-state index in [1.807, 2.05) is 12.1 Å². The van der Waals surface area contributed by atoms with E-state index in [4.69, 9.17) is 4.74 Å². The lowest BCUT2D eigenvalue weighted by Crippen LogP contribution is -2.37. The van der Waals surface area contributed by atoms with Crippen LogP contribution in [0.5, 0.6) is 0 Å². The monoisotopic (exact) mass is 405 g/mol. The third-order valence-electron chi connectivity index (χ3n) is 6.59. The van der Waals surface area contributed by atoms with E-state index < -0.39 is 0 Å². The topological polar surface area (TPSA) is 44.8 Å². The first-order valence-corrected chi connectivity index (χ1v) is 11.3. The average Bonchev–Trinajstić information content (AvgIpc) is 3.53. The SMILES string of the molecule is O=C(CN(C1CC1)C1CCc2ccccc21)Nc1ccc(CN2CCOCC2)cc1. The van der Waals surface area contributed by atoms with Crippen molar-refractivity contribution in [3.8, 4) is 0 Å². The number of fused-ring (bicyclic) bond motifs is 1. The molecule has 5 nitrogen and oxygen atoms in total. The standard InChI is InChI=1S/C25H31N3O2/c29-25(26-21-8-5-19(6-9-21)17-27-13-15-30-16-14-27)18-28(22-10-11-22)24-12-7-20-3-1-2-4-23(20)24/h1-6,8-9,22,24H,7,10-18H2,(H,26,29). The van der Waals surface area contributed by atoms with E-state index in [1.165, 1.54) is 29.5 Å². The minimum Gasteiger partial charge on any atom is -0.379 e. The number of hydrogen-bond acceptors (Lipinski definition) is 4. The summed E-state index contributed by atoms with van der Waals surface area (Å²) >= 11 is 0. The lowest BCUT2D eigenvalue weighted by atomic mass is 10.1. The fraction of sp³-hybridized carbons (Fsp3) is 0.480. The molecule has 2 aromatic carbocycles. The first-order valence-electron chi connectivity index (χ1n) is 11.3. The van der Waals surface area contributed by atoms with Gasteiger partial charge in [-0.25, -0.2) is 0 Å². The molecule has 1 atom stereocenters. The Morgan fingerprint density at radius 1 is 1.03 bits per heavy atom. The molecule has 2 aliphatic carbocycles. The summed E-state index contributed by atoms with van der Waals surface area (Å²) < 4.78 is 5.42. The van der Waals surface area contributed by atoms with Crippen LogP contribution in [0.2, 0.25) is 0 Å². The van der Waals surface area contributed by atoms with Crippen molar-refractivity contribution in [3.05, 3.63) is 65.2 Å². The van der Waals surface area contributed by atoms with Gasteiger partial charge in [0.2, 0.25) is 5.91 Å². The number of nitrogens with zero attached hydrogens (tertiary/aromatic N) is 2. The molecule has 0 aromatic heterocycles. The highest BCUT2D eigenvalue weighted by Crippen LogP contribution is 2.41. The van der Waals surface area contributed by atoms with E-state index >= 15 is 0 Å². The van der Waals surface area contributed by atoms with Crippen LogP contribution in [0.15, 0.2) is 48.5 Å². The van der Waals surface area contributed by atoms with Gasteiger partial charge in [-0.05, 0) is 54.5 Å². The maximum absolute atomic E-state index is 12.9. The second-order valence-corrected chi connectivity index (χ2v) is 8.79. The summed E-state index contributed by atoms with van der Waals surface area (Å²) in [4.78, 5) is 17.7. The van der Waals surface area contributed by atoms with E-state index in [-0.39, 0.29) is 5.91 Å². The van der Waals surface area contributed by atoms with Crippen LogP contribution in [-0.2, 0) is 22.5 Å². The Labute approximate surface area is 179 Å². The zero-order valence-corrected chi connectivity index (χ0v) is 17.6. The fourth-order valence-corrected chi connectivity index (χ4v) is 4.86. The number of hydrogen-bond donors (Lipinski definition) is 1. The maximum Gasteiger partial charge on any atom is 0.238 e. The Balaban J connectivity index is 1.19. The molecule has 1 amide bonds. The van der Waals surface area contributed by atoms with Crippen molar-refractivity contribution in [1.82, 2.24) is 9.80 Å². The average molecular weight is 406 g/mol. The van der Waals surface area contributed by atoms with Crippen molar-refractivity contribution in [2.24, 2.45) is 0 Å². The number of aryl methyl sites for hydroxylation is 1. The molecule has 5 rings (SSSR count). The van der Waals surface area contributed by atoms with E-state index in [0.717, 1.165) is 51.4 Å². The zero-order chi connectivity index (χ0) is 20.3. The highest BCUT2D eigenvalue weighted by Gasteiger charge is 2.38. The van der Waals surface area contributed by atoms with Gasteiger partial charge in [-0.1, -0.05) is 36.4 Å². The smallest absolute Gasteiger partial charge is 0.238 e. The zero-order valence-electron chi connectivity index (χ0n) is 17.6. The fourth-order valence-electron chi connectivity index (χ4n) is 4.86. The molecule has 1 heterocycles. The summed E-state index contributed by atoms with van der Waals surface area (Å²) in [5.74, 6) is 0.0900. The van der Waals surface area contributed by atoms with Gasteiger partial charge in [-0.15, -0.1) is 0 Å². The molecule has 2 fully saturated rings. The normalized spacial score (nSPS) is 21.6. The molecule has 0 bridgehead atoms. The van der Waals surface area contributed by atoms with Crippen LogP contribution >= 0.6 is 0 Å². The van der Waals surface area contributed by atoms with Crippen molar-refractivity contribution in [1.29, 1.82) is 0 Å². The van der Waals surface area contributed by atoms with Gasteiger partial charge in [0.1, 0.15) is 0 Å². The summed E-state index contributed by atoms with van der Waals surface area (Å²) in [5, 5.41) is 3.12. The van der Waals surface area contributed by atoms with Gasteiger partial charge in [0.15, 0.2) is 0 Å². The van der Waals surface area contributed by atoms with Gasteiger partial charge < -0.3 is 10.1 Å². The van der Waals surface area contributed by atoms with Crippen molar-refractivity contribution in [2.75, 3.05) is 38.2 Å². The van der Waals surface area contributed by atoms with Crippen molar-refractivity contribution in [3.63, 3.8) is 0 Å². The predicted octanol–water partition coefficient (Wildman–Crippen LogP) is 3.61. The summed E-state index contributed by atoms with van der Waals surface area (Å²) in [5.41, 5.74) is 5.03. The van der Waals surface area contributed by atoms with Gasteiger partial charge in [0, 0.05) is 37.4 Å². The van der Waals surface area contributed by atoms with E-state index in [1.54, 1.807) is 0 Å². The van der Waals surface area contributed by atoms with Gasteiger partial charge in [0.25, 0.3) is 0 Å². The van der Waals surface area contributed by atoms with Crippen LogP contribution in [0.4, 0.5) is 5.69 Å². The maximum atomic E-state index is 12.9. The summed E-state index contributed by atoms with van der Waals surface area (Å²) in [6.45, 7) is 5.01. The molecule has 2 aromatic rings. The molecular formula is C25H31N3O2. The highest BCUT2D eigenvalue weighted by molar-refractivity contribution is 5.92. The summed E-state index contributed by atoms with van der Waals surface area (Å²) in [7, 11) is 0. The summed E-state index contributed by atoms with van der Waals surface area (Å²) in [6, 6.07) is 18.0. The number of anilines is 1. The Morgan fingerprint density at radius 2 is 1.80 bits per heavy atom. The van der Waals surface area contributed by atoms with Gasteiger partial charge in [0.05, 0.1) is 19.8 Å². The largest absolute Gasteiger partial charge is 0.379 e. The van der Waals surface area contributed by atoms with Crippen LogP contribution < -0.4 is 5.32 Å². The molecule has 158 valence electrons. The number of carbonyl (C=O) groups is 1. The van der Waals surface area contributed by atoms with Crippen molar-refractivity contribution in [2.45, 2.75) is 44.3 Å². The number of ether oxygens (including phenoxy) is 1. The van der Waals surface area contributed by atoms with E-state index in [9.17, 15) is 4.79 Å². The van der Waals surface area contributed by atoms with Gasteiger partial charge in [-0.3, -0.25) is 14.6 Å². The van der Waals surface area contributed by atoms with Gasteiger partial charge in [-0.2, -0.15) is 0 Å². The first-order chi connectivity index (χ1) is 14.8. The Kier molecular flexibility index (Phi) is 5.84. The molecule has 0 spiro atoms. The summed E-state index contributed by atoms with van der Waals surface area (Å²) in [6.07, 6.45) is 4.67. The van der Waals surface area contributed by atoms with Crippen LogP contribution in [-0.4, -0.2) is 54.6 Å². The van der Waals surface area contributed by atoms with Crippen LogP contribution in [0, 0.1) is 0 Å². The molecule has 1 aliphatic heterocycles. The number of benzene rings is 2. The molecule has 1 saturated heterocycles. The Morgan fingerprint density at radius 3 is 2.57 bits per heavy atom. The van der Waals surface area contributed by atoms with Crippen molar-refractivity contribution < 1.29 is 9.53 Å². The minimum absolute atomic E-state index is 0.0900.